The highest BCUT2D eigenvalue weighted by atomic mass is 35.5. The summed E-state index contributed by atoms with van der Waals surface area (Å²) in [5.74, 6) is -1.62. The van der Waals surface area contributed by atoms with Crippen LogP contribution < -0.4 is 5.32 Å². The standard InChI is InChI=1S/C14H14ClFN2O2/c1-2-5-18-8-9(15)6-12(18)14(20)17-10-3-4-13(19)11(16)7-10/h3-4,6-8,19H,2,5H2,1H3,(H,17,20). The predicted molar refractivity (Wildman–Crippen MR) is 75.8 cm³/mol. The maximum atomic E-state index is 13.2. The molecule has 0 aliphatic carbocycles. The number of hydrogen-bond acceptors (Lipinski definition) is 2. The van der Waals surface area contributed by atoms with Crippen LogP contribution in [0.3, 0.4) is 0 Å². The van der Waals surface area contributed by atoms with Crippen LogP contribution in [0.5, 0.6) is 5.75 Å². The summed E-state index contributed by atoms with van der Waals surface area (Å²) in [4.78, 5) is 12.1. The molecule has 2 aromatic rings. The zero-order valence-corrected chi connectivity index (χ0v) is 11.6. The summed E-state index contributed by atoms with van der Waals surface area (Å²) in [6.45, 7) is 2.66. The molecular formula is C14H14ClFN2O2. The van der Waals surface area contributed by atoms with Crippen molar-refractivity contribution in [1.82, 2.24) is 4.57 Å². The van der Waals surface area contributed by atoms with Crippen molar-refractivity contribution in [3.63, 3.8) is 0 Å². The number of hydrogen-bond donors (Lipinski definition) is 2. The summed E-state index contributed by atoms with van der Waals surface area (Å²) in [5.41, 5.74) is 0.677. The molecule has 0 unspecified atom stereocenters. The fourth-order valence-electron chi connectivity index (χ4n) is 1.87. The van der Waals surface area contributed by atoms with Crippen molar-refractivity contribution < 1.29 is 14.3 Å². The summed E-state index contributed by atoms with van der Waals surface area (Å²) < 4.78 is 15.0. The van der Waals surface area contributed by atoms with Crippen LogP contribution in [-0.4, -0.2) is 15.6 Å². The van der Waals surface area contributed by atoms with Crippen LogP contribution in [0.4, 0.5) is 10.1 Å². The first-order valence-electron chi connectivity index (χ1n) is 6.16. The van der Waals surface area contributed by atoms with Crippen LogP contribution in [0.25, 0.3) is 0 Å². The molecule has 2 N–H and O–H groups in total. The fraction of sp³-hybridized carbons (Fsp3) is 0.214. The molecule has 0 spiro atoms. The van der Waals surface area contributed by atoms with E-state index in [0.29, 0.717) is 17.3 Å². The molecule has 106 valence electrons. The van der Waals surface area contributed by atoms with Crippen molar-refractivity contribution in [3.8, 4) is 5.75 Å². The molecule has 0 saturated heterocycles. The largest absolute Gasteiger partial charge is 0.505 e. The molecule has 0 aliphatic heterocycles. The van der Waals surface area contributed by atoms with Gasteiger partial charge in [-0.15, -0.1) is 0 Å². The Morgan fingerprint density at radius 1 is 1.45 bits per heavy atom. The summed E-state index contributed by atoms with van der Waals surface area (Å²) in [6, 6.07) is 5.22. The van der Waals surface area contributed by atoms with Gasteiger partial charge in [0.05, 0.1) is 5.02 Å². The highest BCUT2D eigenvalue weighted by Crippen LogP contribution is 2.21. The van der Waals surface area contributed by atoms with E-state index in [9.17, 15) is 9.18 Å². The van der Waals surface area contributed by atoms with Gasteiger partial charge in [-0.05, 0) is 24.6 Å². The number of rotatable bonds is 4. The van der Waals surface area contributed by atoms with Gasteiger partial charge in [0, 0.05) is 24.5 Å². The number of amides is 1. The molecule has 1 aromatic carbocycles. The zero-order chi connectivity index (χ0) is 14.7. The van der Waals surface area contributed by atoms with Gasteiger partial charge in [0.15, 0.2) is 11.6 Å². The minimum Gasteiger partial charge on any atom is -0.505 e. The molecule has 0 atom stereocenters. The number of benzene rings is 1. The third-order valence-electron chi connectivity index (χ3n) is 2.77. The number of carbonyl (C=O) groups is 1. The SMILES string of the molecule is CCCn1cc(Cl)cc1C(=O)Nc1ccc(O)c(F)c1. The minimum absolute atomic E-state index is 0.269. The van der Waals surface area contributed by atoms with E-state index < -0.39 is 11.6 Å². The lowest BCUT2D eigenvalue weighted by molar-refractivity contribution is 0.101. The normalized spacial score (nSPS) is 10.6. The Labute approximate surface area is 120 Å². The molecule has 6 heteroatoms. The first-order valence-corrected chi connectivity index (χ1v) is 6.54. The Balaban J connectivity index is 2.21. The molecule has 20 heavy (non-hydrogen) atoms. The molecule has 2 rings (SSSR count). The van der Waals surface area contributed by atoms with E-state index in [-0.39, 0.29) is 11.6 Å². The topological polar surface area (TPSA) is 54.3 Å². The number of aryl methyl sites for hydroxylation is 1. The number of phenols is 1. The number of aromatic nitrogens is 1. The highest BCUT2D eigenvalue weighted by Gasteiger charge is 2.13. The van der Waals surface area contributed by atoms with E-state index in [1.165, 1.54) is 12.1 Å². The number of halogens is 2. The monoisotopic (exact) mass is 296 g/mol. The first kappa shape index (κ1) is 14.4. The van der Waals surface area contributed by atoms with Crippen LogP contribution >= 0.6 is 11.6 Å². The highest BCUT2D eigenvalue weighted by molar-refractivity contribution is 6.31. The minimum atomic E-state index is -0.787. The summed E-state index contributed by atoms with van der Waals surface area (Å²) in [6.07, 6.45) is 2.54. The maximum Gasteiger partial charge on any atom is 0.272 e. The second-order valence-corrected chi connectivity index (χ2v) is 4.79. The average molecular weight is 297 g/mol. The van der Waals surface area contributed by atoms with Gasteiger partial charge in [-0.2, -0.15) is 0 Å². The van der Waals surface area contributed by atoms with E-state index >= 15 is 0 Å². The van der Waals surface area contributed by atoms with Gasteiger partial charge in [-0.1, -0.05) is 18.5 Å². The van der Waals surface area contributed by atoms with Crippen LogP contribution in [0, 0.1) is 5.82 Å². The third kappa shape index (κ3) is 3.11. The number of phenolic OH excluding ortho intramolecular Hbond substituents is 1. The van der Waals surface area contributed by atoms with Gasteiger partial charge >= 0.3 is 0 Å². The molecule has 1 heterocycles. The van der Waals surface area contributed by atoms with Crippen LogP contribution in [0.1, 0.15) is 23.8 Å². The smallest absolute Gasteiger partial charge is 0.272 e. The van der Waals surface area contributed by atoms with E-state index in [1.54, 1.807) is 16.8 Å². The number of nitrogens with one attached hydrogen (secondary N) is 1. The van der Waals surface area contributed by atoms with E-state index in [2.05, 4.69) is 5.32 Å². The Kier molecular flexibility index (Phi) is 4.29. The Hall–Kier alpha value is -2.01. The first-order chi connectivity index (χ1) is 9.51. The molecule has 1 amide bonds. The lowest BCUT2D eigenvalue weighted by atomic mass is 10.2. The summed E-state index contributed by atoms with van der Waals surface area (Å²) in [5, 5.41) is 12.1. The van der Waals surface area contributed by atoms with Crippen molar-refractivity contribution in [2.45, 2.75) is 19.9 Å². The molecule has 4 nitrogen and oxygen atoms in total. The predicted octanol–water partition coefficient (Wildman–Crippen LogP) is 3.65. The van der Waals surface area contributed by atoms with Crippen molar-refractivity contribution >= 4 is 23.2 Å². The Morgan fingerprint density at radius 2 is 2.20 bits per heavy atom. The molecule has 0 fully saturated rings. The van der Waals surface area contributed by atoms with E-state index in [0.717, 1.165) is 12.5 Å². The lowest BCUT2D eigenvalue weighted by Crippen LogP contribution is -2.16. The summed E-state index contributed by atoms with van der Waals surface area (Å²) in [7, 11) is 0. The lowest BCUT2D eigenvalue weighted by Gasteiger charge is -2.09. The molecule has 0 bridgehead atoms. The average Bonchev–Trinajstić information content (AvgIpc) is 2.75. The molecule has 1 aromatic heterocycles. The van der Waals surface area contributed by atoms with Gasteiger partial charge in [0.1, 0.15) is 5.69 Å². The second-order valence-electron chi connectivity index (χ2n) is 4.36. The Morgan fingerprint density at radius 3 is 2.85 bits per heavy atom. The number of anilines is 1. The zero-order valence-electron chi connectivity index (χ0n) is 10.9. The van der Waals surface area contributed by atoms with Gasteiger partial charge in [0.25, 0.3) is 5.91 Å². The molecule has 0 aliphatic rings. The van der Waals surface area contributed by atoms with Crippen LogP contribution in [0.15, 0.2) is 30.5 Å². The fourth-order valence-corrected chi connectivity index (χ4v) is 2.09. The van der Waals surface area contributed by atoms with Gasteiger partial charge in [-0.3, -0.25) is 4.79 Å². The van der Waals surface area contributed by atoms with Crippen molar-refractivity contribution in [3.05, 3.63) is 47.0 Å². The summed E-state index contributed by atoms with van der Waals surface area (Å²) >= 11 is 5.90. The molecular weight excluding hydrogens is 283 g/mol. The van der Waals surface area contributed by atoms with Gasteiger partial charge < -0.3 is 15.0 Å². The second kappa shape index (κ2) is 5.96. The van der Waals surface area contributed by atoms with Gasteiger partial charge in [0.2, 0.25) is 0 Å². The number of carbonyl (C=O) groups excluding carboxylic acids is 1. The van der Waals surface area contributed by atoms with Gasteiger partial charge in [-0.25, -0.2) is 4.39 Å². The Bertz CT molecular complexity index is 640. The number of nitrogens with zero attached hydrogens (tertiary/aromatic N) is 1. The quantitative estimate of drug-likeness (QED) is 0.846. The van der Waals surface area contributed by atoms with Crippen molar-refractivity contribution in [2.24, 2.45) is 0 Å². The molecule has 0 radical (unpaired) electrons. The third-order valence-corrected chi connectivity index (χ3v) is 2.97. The van der Waals surface area contributed by atoms with E-state index in [1.807, 2.05) is 6.92 Å². The molecule has 0 saturated carbocycles. The van der Waals surface area contributed by atoms with Crippen LogP contribution in [-0.2, 0) is 6.54 Å². The van der Waals surface area contributed by atoms with Crippen molar-refractivity contribution in [1.29, 1.82) is 0 Å². The van der Waals surface area contributed by atoms with Crippen LogP contribution in [0.2, 0.25) is 5.02 Å². The van der Waals surface area contributed by atoms with Crippen molar-refractivity contribution in [2.75, 3.05) is 5.32 Å². The van der Waals surface area contributed by atoms with E-state index in [4.69, 9.17) is 16.7 Å². The number of aromatic hydroxyl groups is 1. The maximum absolute atomic E-state index is 13.2.